The van der Waals surface area contributed by atoms with Crippen molar-refractivity contribution in [3.63, 3.8) is 0 Å². The minimum Gasteiger partial charge on any atom is -0.390 e. The summed E-state index contributed by atoms with van der Waals surface area (Å²) in [4.78, 5) is 4.80. The molecule has 0 radical (unpaired) electrons. The summed E-state index contributed by atoms with van der Waals surface area (Å²) in [5, 5.41) is 13.4. The van der Waals surface area contributed by atoms with E-state index in [4.69, 9.17) is 0 Å². The second-order valence-electron chi connectivity index (χ2n) is 5.22. The second-order valence-corrected chi connectivity index (χ2v) is 5.22. The molecule has 108 valence electrons. The van der Waals surface area contributed by atoms with Crippen LogP contribution in [0.15, 0.2) is 0 Å². The fourth-order valence-corrected chi connectivity index (χ4v) is 2.80. The van der Waals surface area contributed by atoms with Crippen molar-refractivity contribution in [2.75, 3.05) is 45.8 Å². The quantitative estimate of drug-likeness (QED) is 0.640. The lowest BCUT2D eigenvalue weighted by Crippen LogP contribution is -2.43. The molecule has 1 aliphatic heterocycles. The molecule has 0 bridgehead atoms. The van der Waals surface area contributed by atoms with Gasteiger partial charge in [-0.05, 0) is 39.0 Å². The number of rotatable bonds is 9. The van der Waals surface area contributed by atoms with Crippen LogP contribution in [-0.2, 0) is 0 Å². The van der Waals surface area contributed by atoms with Gasteiger partial charge in [0, 0.05) is 25.7 Å². The highest BCUT2D eigenvalue weighted by atomic mass is 16.3. The number of nitrogens with zero attached hydrogens (tertiary/aromatic N) is 2. The minimum absolute atomic E-state index is 0.249. The molecule has 0 amide bonds. The topological polar surface area (TPSA) is 38.7 Å². The third-order valence-electron chi connectivity index (χ3n) is 4.03. The Bertz CT molecular complexity index is 209. The summed E-state index contributed by atoms with van der Waals surface area (Å²) in [6.45, 7) is 13.4. The molecule has 2 unspecified atom stereocenters. The van der Waals surface area contributed by atoms with Gasteiger partial charge in [0.2, 0.25) is 0 Å². The lowest BCUT2D eigenvalue weighted by molar-refractivity contribution is 0.114. The Morgan fingerprint density at radius 1 is 1.33 bits per heavy atom. The molecule has 1 fully saturated rings. The van der Waals surface area contributed by atoms with Crippen molar-refractivity contribution in [2.24, 2.45) is 0 Å². The van der Waals surface area contributed by atoms with E-state index in [1.165, 1.54) is 19.4 Å². The van der Waals surface area contributed by atoms with Gasteiger partial charge in [-0.3, -0.25) is 4.90 Å². The molecule has 0 saturated carbocycles. The van der Waals surface area contributed by atoms with E-state index in [9.17, 15) is 5.11 Å². The molecule has 4 heteroatoms. The van der Waals surface area contributed by atoms with Gasteiger partial charge in [0.05, 0.1) is 6.10 Å². The molecule has 0 aliphatic carbocycles. The summed E-state index contributed by atoms with van der Waals surface area (Å²) in [5.74, 6) is 0. The molecule has 0 spiro atoms. The predicted molar refractivity (Wildman–Crippen MR) is 76.9 cm³/mol. The first-order chi connectivity index (χ1) is 8.71. The molecule has 1 rings (SSSR count). The number of likely N-dealkylation sites (tertiary alicyclic amines) is 1. The number of nitrogens with one attached hydrogen (secondary N) is 1. The van der Waals surface area contributed by atoms with Gasteiger partial charge < -0.3 is 15.3 Å². The monoisotopic (exact) mass is 257 g/mol. The molecule has 2 atom stereocenters. The van der Waals surface area contributed by atoms with E-state index in [-0.39, 0.29) is 6.10 Å². The fourth-order valence-electron chi connectivity index (χ4n) is 2.80. The maximum absolute atomic E-state index is 9.96. The van der Waals surface area contributed by atoms with Gasteiger partial charge in [-0.25, -0.2) is 0 Å². The van der Waals surface area contributed by atoms with Crippen LogP contribution in [0.1, 0.15) is 33.6 Å². The Morgan fingerprint density at radius 3 is 2.67 bits per heavy atom. The first-order valence-corrected chi connectivity index (χ1v) is 7.56. The number of likely N-dealkylation sites (N-methyl/N-ethyl adjacent to an activating group) is 2. The highest BCUT2D eigenvalue weighted by Crippen LogP contribution is 2.15. The van der Waals surface area contributed by atoms with Crippen molar-refractivity contribution in [2.45, 2.75) is 45.8 Å². The van der Waals surface area contributed by atoms with E-state index < -0.39 is 0 Å². The van der Waals surface area contributed by atoms with Crippen LogP contribution in [0, 0.1) is 0 Å². The smallest absolute Gasteiger partial charge is 0.0791 e. The van der Waals surface area contributed by atoms with Crippen LogP contribution in [0.5, 0.6) is 0 Å². The van der Waals surface area contributed by atoms with E-state index in [2.05, 4.69) is 35.9 Å². The zero-order chi connectivity index (χ0) is 13.4. The van der Waals surface area contributed by atoms with Crippen molar-refractivity contribution >= 4 is 0 Å². The minimum atomic E-state index is -0.249. The van der Waals surface area contributed by atoms with Crippen LogP contribution in [0.25, 0.3) is 0 Å². The summed E-state index contributed by atoms with van der Waals surface area (Å²) in [6.07, 6.45) is 2.37. The Labute approximate surface area is 112 Å². The Morgan fingerprint density at radius 2 is 2.06 bits per heavy atom. The maximum Gasteiger partial charge on any atom is 0.0791 e. The molecular formula is C14H31N3O. The SMILES string of the molecule is CCN(CC)CC(O)CNCC1CCCN1CC. The fraction of sp³-hybridized carbons (Fsp3) is 1.00. The van der Waals surface area contributed by atoms with Crippen LogP contribution in [0.2, 0.25) is 0 Å². The van der Waals surface area contributed by atoms with Gasteiger partial charge in [-0.1, -0.05) is 20.8 Å². The van der Waals surface area contributed by atoms with Crippen molar-refractivity contribution in [3.05, 3.63) is 0 Å². The van der Waals surface area contributed by atoms with E-state index >= 15 is 0 Å². The molecule has 1 heterocycles. The van der Waals surface area contributed by atoms with Gasteiger partial charge in [-0.15, -0.1) is 0 Å². The summed E-state index contributed by atoms with van der Waals surface area (Å²) >= 11 is 0. The average molecular weight is 257 g/mol. The maximum atomic E-state index is 9.96. The molecule has 18 heavy (non-hydrogen) atoms. The molecule has 1 saturated heterocycles. The lowest BCUT2D eigenvalue weighted by Gasteiger charge is -2.25. The molecule has 0 aromatic rings. The molecule has 2 N–H and O–H groups in total. The second kappa shape index (κ2) is 8.86. The predicted octanol–water partition coefficient (Wildman–Crippen LogP) is 0.763. The largest absolute Gasteiger partial charge is 0.390 e. The number of aliphatic hydroxyl groups excluding tert-OH is 1. The zero-order valence-corrected chi connectivity index (χ0v) is 12.4. The number of hydrogen-bond acceptors (Lipinski definition) is 4. The van der Waals surface area contributed by atoms with Crippen molar-refractivity contribution in [1.29, 1.82) is 0 Å². The van der Waals surface area contributed by atoms with Crippen molar-refractivity contribution < 1.29 is 5.11 Å². The Kier molecular flexibility index (Phi) is 7.82. The highest BCUT2D eigenvalue weighted by molar-refractivity contribution is 4.80. The summed E-state index contributed by atoms with van der Waals surface area (Å²) in [5.41, 5.74) is 0. The van der Waals surface area contributed by atoms with Crippen LogP contribution in [-0.4, -0.2) is 72.9 Å². The highest BCUT2D eigenvalue weighted by Gasteiger charge is 2.22. The molecule has 4 nitrogen and oxygen atoms in total. The van der Waals surface area contributed by atoms with Gasteiger partial charge in [0.1, 0.15) is 0 Å². The summed E-state index contributed by atoms with van der Waals surface area (Å²) < 4.78 is 0. The standard InChI is InChI=1S/C14H31N3O/c1-4-16(5-2)12-14(18)11-15-10-13-8-7-9-17(13)6-3/h13-15,18H,4-12H2,1-3H3. The molecule has 0 aromatic carbocycles. The van der Waals surface area contributed by atoms with E-state index in [0.29, 0.717) is 12.6 Å². The normalized spacial score (nSPS) is 22.8. The average Bonchev–Trinajstić information content (AvgIpc) is 2.83. The van der Waals surface area contributed by atoms with Crippen LogP contribution in [0.3, 0.4) is 0 Å². The molecular weight excluding hydrogens is 226 g/mol. The number of aliphatic hydroxyl groups is 1. The third kappa shape index (κ3) is 5.22. The number of hydrogen-bond donors (Lipinski definition) is 2. The molecule has 1 aliphatic rings. The summed E-state index contributed by atoms with van der Waals surface area (Å²) in [7, 11) is 0. The van der Waals surface area contributed by atoms with Crippen molar-refractivity contribution in [1.82, 2.24) is 15.1 Å². The van der Waals surface area contributed by atoms with E-state index in [1.54, 1.807) is 0 Å². The van der Waals surface area contributed by atoms with Gasteiger partial charge in [-0.2, -0.15) is 0 Å². The van der Waals surface area contributed by atoms with Crippen LogP contribution in [0.4, 0.5) is 0 Å². The van der Waals surface area contributed by atoms with Crippen LogP contribution >= 0.6 is 0 Å². The van der Waals surface area contributed by atoms with Gasteiger partial charge >= 0.3 is 0 Å². The van der Waals surface area contributed by atoms with Gasteiger partial charge in [0.15, 0.2) is 0 Å². The third-order valence-corrected chi connectivity index (χ3v) is 4.03. The van der Waals surface area contributed by atoms with Crippen LogP contribution < -0.4 is 5.32 Å². The van der Waals surface area contributed by atoms with Crippen molar-refractivity contribution in [3.8, 4) is 0 Å². The van der Waals surface area contributed by atoms with Gasteiger partial charge in [0.25, 0.3) is 0 Å². The molecule has 0 aromatic heterocycles. The van der Waals surface area contributed by atoms with E-state index in [0.717, 1.165) is 32.7 Å². The Balaban J connectivity index is 2.13. The summed E-state index contributed by atoms with van der Waals surface area (Å²) in [6, 6.07) is 0.677. The van der Waals surface area contributed by atoms with E-state index in [1.807, 2.05) is 0 Å². The first-order valence-electron chi connectivity index (χ1n) is 7.56. The lowest BCUT2D eigenvalue weighted by atomic mass is 10.2. The first kappa shape index (κ1) is 15.9. The zero-order valence-electron chi connectivity index (χ0n) is 12.4. The Hall–Kier alpha value is -0.160.